The minimum Gasteiger partial charge on any atom is -0.444 e. The van der Waals surface area contributed by atoms with Crippen molar-refractivity contribution in [1.82, 2.24) is 25.2 Å². The lowest BCUT2D eigenvalue weighted by Gasteiger charge is -2.12. The van der Waals surface area contributed by atoms with Crippen LogP contribution in [0.4, 0.5) is 0 Å². The number of guanidine groups is 1. The van der Waals surface area contributed by atoms with E-state index in [1.54, 1.807) is 13.3 Å². The van der Waals surface area contributed by atoms with E-state index in [4.69, 9.17) is 4.42 Å². The summed E-state index contributed by atoms with van der Waals surface area (Å²) in [6.45, 7) is 4.30. The third-order valence-electron chi connectivity index (χ3n) is 4.93. The van der Waals surface area contributed by atoms with E-state index in [9.17, 15) is 0 Å². The number of rotatable bonds is 7. The van der Waals surface area contributed by atoms with E-state index in [2.05, 4.69) is 55.3 Å². The van der Waals surface area contributed by atoms with E-state index >= 15 is 0 Å². The van der Waals surface area contributed by atoms with Crippen LogP contribution in [0.2, 0.25) is 0 Å². The van der Waals surface area contributed by atoms with Gasteiger partial charge in [0.15, 0.2) is 5.96 Å². The van der Waals surface area contributed by atoms with Crippen molar-refractivity contribution in [2.24, 2.45) is 4.99 Å². The molecule has 0 radical (unpaired) electrons. The Morgan fingerprint density at radius 1 is 1.03 bits per heavy atom. The van der Waals surface area contributed by atoms with Gasteiger partial charge in [0.2, 0.25) is 5.89 Å². The first kappa shape index (κ1) is 22.8. The second kappa shape index (κ2) is 10.9. The van der Waals surface area contributed by atoms with Gasteiger partial charge in [0.1, 0.15) is 12.1 Å². The zero-order valence-electron chi connectivity index (χ0n) is 17.7. The Bertz CT molecular complexity index is 1140. The van der Waals surface area contributed by atoms with Crippen molar-refractivity contribution >= 4 is 41.0 Å². The molecule has 2 aromatic carbocycles. The predicted octanol–water partition coefficient (Wildman–Crippen LogP) is 4.37. The molecule has 8 heteroatoms. The van der Waals surface area contributed by atoms with E-state index in [1.165, 1.54) is 5.52 Å². The standard InChI is InChI=1S/C23H26N6O.HI/c1-17-27-20-11-6-7-12-21(20)29(17)14-8-13-25-23(24-2)26-15-19-16-30-22(28-19)18-9-4-3-5-10-18;/h3-7,9-12,16H,8,13-15H2,1-2H3,(H2,24,25,26);1H. The maximum absolute atomic E-state index is 5.58. The number of hydrogen-bond acceptors (Lipinski definition) is 4. The van der Waals surface area contributed by atoms with Crippen molar-refractivity contribution in [3.05, 3.63) is 72.4 Å². The average molecular weight is 530 g/mol. The number of hydrogen-bond donors (Lipinski definition) is 2. The van der Waals surface area contributed by atoms with Crippen LogP contribution in [0.5, 0.6) is 0 Å². The van der Waals surface area contributed by atoms with Crippen molar-refractivity contribution in [3.8, 4) is 11.5 Å². The number of para-hydroxylation sites is 2. The van der Waals surface area contributed by atoms with E-state index in [-0.39, 0.29) is 24.0 Å². The van der Waals surface area contributed by atoms with Gasteiger partial charge in [-0.3, -0.25) is 4.99 Å². The molecule has 0 aliphatic carbocycles. The number of fused-ring (bicyclic) bond motifs is 1. The first-order valence-corrected chi connectivity index (χ1v) is 10.1. The third-order valence-corrected chi connectivity index (χ3v) is 4.93. The van der Waals surface area contributed by atoms with Crippen LogP contribution in [0.1, 0.15) is 17.9 Å². The predicted molar refractivity (Wildman–Crippen MR) is 135 cm³/mol. The molecule has 162 valence electrons. The highest BCUT2D eigenvalue weighted by Crippen LogP contribution is 2.18. The molecular formula is C23H27IN6O. The van der Waals surface area contributed by atoms with Gasteiger partial charge in [-0.2, -0.15) is 0 Å². The molecular weight excluding hydrogens is 503 g/mol. The fourth-order valence-corrected chi connectivity index (χ4v) is 3.42. The van der Waals surface area contributed by atoms with E-state index < -0.39 is 0 Å². The topological polar surface area (TPSA) is 80.3 Å². The number of aliphatic imine (C=N–C) groups is 1. The molecule has 2 N–H and O–H groups in total. The summed E-state index contributed by atoms with van der Waals surface area (Å²) in [4.78, 5) is 13.4. The molecule has 4 aromatic rings. The summed E-state index contributed by atoms with van der Waals surface area (Å²) < 4.78 is 7.84. The maximum Gasteiger partial charge on any atom is 0.226 e. The molecule has 0 unspecified atom stereocenters. The zero-order valence-corrected chi connectivity index (χ0v) is 20.0. The number of imidazole rings is 1. The molecule has 7 nitrogen and oxygen atoms in total. The Kier molecular flexibility index (Phi) is 8.05. The van der Waals surface area contributed by atoms with E-state index in [0.29, 0.717) is 12.4 Å². The fraction of sp³-hybridized carbons (Fsp3) is 0.261. The van der Waals surface area contributed by atoms with Crippen molar-refractivity contribution in [2.45, 2.75) is 26.4 Å². The minimum absolute atomic E-state index is 0. The summed E-state index contributed by atoms with van der Waals surface area (Å²) in [6, 6.07) is 18.1. The van der Waals surface area contributed by atoms with Crippen molar-refractivity contribution in [1.29, 1.82) is 0 Å². The first-order chi connectivity index (χ1) is 14.7. The lowest BCUT2D eigenvalue weighted by molar-refractivity contribution is 0.572. The largest absolute Gasteiger partial charge is 0.444 e. The quantitative estimate of drug-likeness (QED) is 0.161. The summed E-state index contributed by atoms with van der Waals surface area (Å²) in [6.07, 6.45) is 2.64. The molecule has 0 bridgehead atoms. The van der Waals surface area contributed by atoms with Crippen LogP contribution in [0.3, 0.4) is 0 Å². The number of halogens is 1. The Balaban J connectivity index is 0.00000272. The molecule has 0 aliphatic rings. The van der Waals surface area contributed by atoms with Gasteiger partial charge in [0.25, 0.3) is 0 Å². The van der Waals surface area contributed by atoms with Crippen LogP contribution in [0.15, 0.2) is 70.3 Å². The second-order valence-electron chi connectivity index (χ2n) is 7.02. The van der Waals surface area contributed by atoms with Crippen molar-refractivity contribution < 1.29 is 4.42 Å². The van der Waals surface area contributed by atoms with Crippen LogP contribution in [0.25, 0.3) is 22.5 Å². The number of aryl methyl sites for hydroxylation is 2. The Morgan fingerprint density at radius 2 is 1.81 bits per heavy atom. The van der Waals surface area contributed by atoms with Gasteiger partial charge in [-0.05, 0) is 37.6 Å². The molecule has 0 fully saturated rings. The molecule has 2 heterocycles. The number of aromatic nitrogens is 3. The van der Waals surface area contributed by atoms with Crippen LogP contribution < -0.4 is 10.6 Å². The molecule has 0 saturated heterocycles. The van der Waals surface area contributed by atoms with Gasteiger partial charge < -0.3 is 19.6 Å². The summed E-state index contributed by atoms with van der Waals surface area (Å²) in [5.41, 5.74) is 4.02. The molecule has 4 rings (SSSR count). The summed E-state index contributed by atoms with van der Waals surface area (Å²) in [7, 11) is 1.76. The number of nitrogens with one attached hydrogen (secondary N) is 2. The van der Waals surface area contributed by atoms with Crippen LogP contribution in [-0.4, -0.2) is 34.1 Å². The summed E-state index contributed by atoms with van der Waals surface area (Å²) in [5.74, 6) is 2.41. The third kappa shape index (κ3) is 5.63. The van der Waals surface area contributed by atoms with E-state index in [0.717, 1.165) is 48.1 Å². The van der Waals surface area contributed by atoms with Crippen LogP contribution in [-0.2, 0) is 13.1 Å². The lowest BCUT2D eigenvalue weighted by atomic mass is 10.2. The number of oxazole rings is 1. The molecule has 0 atom stereocenters. The van der Waals surface area contributed by atoms with E-state index in [1.807, 2.05) is 36.4 Å². The van der Waals surface area contributed by atoms with Crippen molar-refractivity contribution in [2.75, 3.05) is 13.6 Å². The smallest absolute Gasteiger partial charge is 0.226 e. The second-order valence-corrected chi connectivity index (χ2v) is 7.02. The fourth-order valence-electron chi connectivity index (χ4n) is 3.42. The lowest BCUT2D eigenvalue weighted by Crippen LogP contribution is -2.37. The molecule has 0 aliphatic heterocycles. The van der Waals surface area contributed by atoms with Crippen LogP contribution >= 0.6 is 24.0 Å². The monoisotopic (exact) mass is 530 g/mol. The zero-order chi connectivity index (χ0) is 20.8. The molecule has 31 heavy (non-hydrogen) atoms. The van der Waals surface area contributed by atoms with Crippen molar-refractivity contribution in [3.63, 3.8) is 0 Å². The normalized spacial score (nSPS) is 11.4. The Morgan fingerprint density at radius 3 is 2.61 bits per heavy atom. The van der Waals surface area contributed by atoms with Gasteiger partial charge in [0.05, 0.1) is 23.3 Å². The molecule has 0 amide bonds. The molecule has 2 aromatic heterocycles. The Labute approximate surface area is 199 Å². The SMILES string of the molecule is CN=C(NCCCn1c(C)nc2ccccc21)NCc1coc(-c2ccccc2)n1.I. The Hall–Kier alpha value is -2.88. The van der Waals surface area contributed by atoms with Gasteiger partial charge >= 0.3 is 0 Å². The summed E-state index contributed by atoms with van der Waals surface area (Å²) >= 11 is 0. The van der Waals surface area contributed by atoms with Gasteiger partial charge in [-0.15, -0.1) is 24.0 Å². The maximum atomic E-state index is 5.58. The van der Waals surface area contributed by atoms with Gasteiger partial charge in [-0.1, -0.05) is 30.3 Å². The highest BCUT2D eigenvalue weighted by molar-refractivity contribution is 14.0. The first-order valence-electron chi connectivity index (χ1n) is 10.1. The van der Waals surface area contributed by atoms with Gasteiger partial charge in [-0.25, -0.2) is 9.97 Å². The summed E-state index contributed by atoms with van der Waals surface area (Å²) in [5, 5.41) is 6.64. The number of nitrogens with zero attached hydrogens (tertiary/aromatic N) is 4. The molecule has 0 spiro atoms. The minimum atomic E-state index is 0. The highest BCUT2D eigenvalue weighted by Gasteiger charge is 2.08. The average Bonchev–Trinajstić information content (AvgIpc) is 3.38. The molecule has 0 saturated carbocycles. The number of benzene rings is 2. The highest BCUT2D eigenvalue weighted by atomic mass is 127. The van der Waals surface area contributed by atoms with Crippen LogP contribution in [0, 0.1) is 6.92 Å². The van der Waals surface area contributed by atoms with Gasteiger partial charge in [0, 0.05) is 25.7 Å².